The first kappa shape index (κ1) is 45.7. The lowest BCUT2D eigenvalue weighted by Crippen LogP contribution is -2.60. The molecule has 272 valence electrons. The molecule has 0 aromatic heterocycles. The van der Waals surface area contributed by atoms with Gasteiger partial charge in [0.15, 0.2) is 0 Å². The third-order valence-electron chi connectivity index (χ3n) is 6.90. The fourth-order valence-corrected chi connectivity index (χ4v) is 4.61. The second-order valence-corrected chi connectivity index (χ2v) is 13.9. The predicted octanol–water partition coefficient (Wildman–Crippen LogP) is 4.51. The summed E-state index contributed by atoms with van der Waals surface area (Å²) < 4.78 is 5.21. The number of hydrogen-bond acceptors (Lipinski definition) is 7. The molecular formula is C35H65N5O7. The Kier molecular flexibility index (Phi) is 21.6. The highest BCUT2D eigenvalue weighted by atomic mass is 16.6. The lowest BCUT2D eigenvalue weighted by atomic mass is 9.85. The molecule has 47 heavy (non-hydrogen) atoms. The van der Waals surface area contributed by atoms with E-state index in [0.717, 1.165) is 0 Å². The second kappa shape index (κ2) is 22.2. The molecule has 1 aliphatic heterocycles. The van der Waals surface area contributed by atoms with Crippen molar-refractivity contribution in [3.05, 3.63) is 12.7 Å². The minimum Gasteiger partial charge on any atom is -0.459 e. The summed E-state index contributed by atoms with van der Waals surface area (Å²) in [5, 5.41) is 10.3. The Bertz CT molecular complexity index is 1030. The van der Waals surface area contributed by atoms with E-state index in [1.54, 1.807) is 41.5 Å². The number of carbonyl (C=O) groups excluding carboxylic acids is 6. The number of Topliss-reactive ketones (excluding diaryl/α,β-unsaturated/α-hetero) is 1. The zero-order valence-corrected chi connectivity index (χ0v) is 31.4. The molecule has 1 fully saturated rings. The maximum Gasteiger partial charge on any atom is 0.325 e. The summed E-state index contributed by atoms with van der Waals surface area (Å²) >= 11 is 0. The van der Waals surface area contributed by atoms with Crippen molar-refractivity contribution in [2.75, 3.05) is 19.6 Å². The standard InChI is InChI=1S/C30H51N5O7.C3H8.C2H6/c1-11-13-20(23(37)26(39)31-14-12-2)33-25(38)21-15-19(18(3)4)17-35(21)27(40)24(29(5,6)7)34-28(41)32-16-22(36)42-30(8,9)10;1-3-2;1-2/h12,18-21,24H,2,11,13-17H2,1,3-10H3,(H,31,39)(H,33,38)(H2,32,34,41);3H2,1-2H3;1-2H3/t19?,20?,21-,24?;;/m0../s1. The summed E-state index contributed by atoms with van der Waals surface area (Å²) in [6.07, 6.45) is 3.86. The van der Waals surface area contributed by atoms with E-state index in [1.165, 1.54) is 17.4 Å². The highest BCUT2D eigenvalue weighted by Gasteiger charge is 2.46. The second-order valence-electron chi connectivity index (χ2n) is 13.9. The topological polar surface area (TPSA) is 163 Å². The molecule has 1 heterocycles. The van der Waals surface area contributed by atoms with Crippen LogP contribution in [0.25, 0.3) is 0 Å². The number of hydrogen-bond donors (Lipinski definition) is 4. The van der Waals surface area contributed by atoms with Gasteiger partial charge in [-0.15, -0.1) is 6.58 Å². The van der Waals surface area contributed by atoms with Gasteiger partial charge in [-0.25, -0.2) is 4.79 Å². The molecule has 0 aliphatic carbocycles. The maximum atomic E-state index is 14.0. The molecule has 4 N–H and O–H groups in total. The molecular weight excluding hydrogens is 602 g/mol. The normalized spacial score (nSPS) is 17.0. The van der Waals surface area contributed by atoms with Crippen molar-refractivity contribution in [3.63, 3.8) is 0 Å². The smallest absolute Gasteiger partial charge is 0.325 e. The van der Waals surface area contributed by atoms with Gasteiger partial charge in [-0.3, -0.25) is 24.0 Å². The van der Waals surface area contributed by atoms with Gasteiger partial charge in [0.25, 0.3) is 5.91 Å². The summed E-state index contributed by atoms with van der Waals surface area (Å²) in [5.41, 5.74) is -1.46. The third-order valence-corrected chi connectivity index (χ3v) is 6.90. The van der Waals surface area contributed by atoms with Gasteiger partial charge < -0.3 is 30.9 Å². The highest BCUT2D eigenvalue weighted by molar-refractivity contribution is 6.38. The van der Waals surface area contributed by atoms with Gasteiger partial charge in [0, 0.05) is 13.1 Å². The van der Waals surface area contributed by atoms with E-state index >= 15 is 0 Å². The molecule has 0 aromatic carbocycles. The summed E-state index contributed by atoms with van der Waals surface area (Å²) in [7, 11) is 0. The van der Waals surface area contributed by atoms with Crippen LogP contribution in [0.5, 0.6) is 0 Å². The molecule has 1 rings (SSSR count). The predicted molar refractivity (Wildman–Crippen MR) is 186 cm³/mol. The van der Waals surface area contributed by atoms with E-state index in [-0.39, 0.29) is 37.9 Å². The third kappa shape index (κ3) is 17.3. The van der Waals surface area contributed by atoms with Crippen LogP contribution in [0.1, 0.15) is 116 Å². The molecule has 5 amide bonds. The summed E-state index contributed by atoms with van der Waals surface area (Å²) in [6.45, 7) is 28.1. The van der Waals surface area contributed by atoms with Crippen LogP contribution in [0.3, 0.4) is 0 Å². The maximum absolute atomic E-state index is 14.0. The monoisotopic (exact) mass is 667 g/mol. The number of rotatable bonds is 13. The van der Waals surface area contributed by atoms with Gasteiger partial charge in [0.2, 0.25) is 17.6 Å². The Hall–Kier alpha value is -3.44. The number of amides is 5. The van der Waals surface area contributed by atoms with E-state index < -0.39 is 64.6 Å². The van der Waals surface area contributed by atoms with Crippen LogP contribution in [0.2, 0.25) is 0 Å². The van der Waals surface area contributed by atoms with E-state index in [1.807, 2.05) is 34.6 Å². The van der Waals surface area contributed by atoms with Crippen LogP contribution in [0.4, 0.5) is 4.79 Å². The number of nitrogens with one attached hydrogen (secondary N) is 4. The molecule has 0 saturated carbocycles. The Balaban J connectivity index is 0. The van der Waals surface area contributed by atoms with E-state index in [9.17, 15) is 28.8 Å². The zero-order valence-electron chi connectivity index (χ0n) is 31.4. The van der Waals surface area contributed by atoms with Crippen LogP contribution in [0, 0.1) is 17.3 Å². The fourth-order valence-electron chi connectivity index (χ4n) is 4.61. The fraction of sp³-hybridized carbons (Fsp3) is 0.771. The van der Waals surface area contributed by atoms with E-state index in [0.29, 0.717) is 12.8 Å². The Morgan fingerprint density at radius 1 is 0.936 bits per heavy atom. The van der Waals surface area contributed by atoms with Crippen molar-refractivity contribution < 1.29 is 33.5 Å². The van der Waals surface area contributed by atoms with Crippen molar-refractivity contribution in [2.24, 2.45) is 17.3 Å². The van der Waals surface area contributed by atoms with Gasteiger partial charge in [0.1, 0.15) is 24.2 Å². The van der Waals surface area contributed by atoms with Crippen molar-refractivity contribution >= 4 is 35.5 Å². The summed E-state index contributed by atoms with van der Waals surface area (Å²) in [4.78, 5) is 78.9. The van der Waals surface area contributed by atoms with Gasteiger partial charge in [0.05, 0.1) is 6.04 Å². The van der Waals surface area contributed by atoms with Crippen molar-refractivity contribution in [3.8, 4) is 0 Å². The molecule has 0 spiro atoms. The zero-order chi connectivity index (χ0) is 37.1. The number of esters is 1. The SMILES string of the molecule is C=CCNC(=O)C(=O)C(CCC)NC(=O)[C@@H]1CC(C(C)C)CN1C(=O)C(NC(=O)NCC(=O)OC(C)(C)C)C(C)(C)C.CC.CCC. The van der Waals surface area contributed by atoms with Crippen LogP contribution in [0.15, 0.2) is 12.7 Å². The molecule has 0 radical (unpaired) electrons. The Morgan fingerprint density at radius 3 is 1.94 bits per heavy atom. The molecule has 1 aliphatic rings. The molecule has 0 bridgehead atoms. The average Bonchev–Trinajstić information content (AvgIpc) is 3.43. The van der Waals surface area contributed by atoms with Gasteiger partial charge >= 0.3 is 12.0 Å². The van der Waals surface area contributed by atoms with Crippen molar-refractivity contribution in [1.82, 2.24) is 26.2 Å². The Morgan fingerprint density at radius 2 is 1.49 bits per heavy atom. The number of urea groups is 1. The summed E-state index contributed by atoms with van der Waals surface area (Å²) in [6, 6.07) is -3.70. The number of nitrogens with zero attached hydrogens (tertiary/aromatic N) is 1. The van der Waals surface area contributed by atoms with E-state index in [4.69, 9.17) is 4.74 Å². The van der Waals surface area contributed by atoms with Gasteiger partial charge in [-0.1, -0.05) is 88.2 Å². The summed E-state index contributed by atoms with van der Waals surface area (Å²) in [5.74, 6) is -3.03. The lowest BCUT2D eigenvalue weighted by molar-refractivity contribution is -0.153. The average molecular weight is 668 g/mol. The van der Waals surface area contributed by atoms with Crippen molar-refractivity contribution in [2.45, 2.75) is 139 Å². The molecule has 12 nitrogen and oxygen atoms in total. The van der Waals surface area contributed by atoms with Crippen LogP contribution >= 0.6 is 0 Å². The van der Waals surface area contributed by atoms with Crippen LogP contribution in [-0.2, 0) is 28.7 Å². The van der Waals surface area contributed by atoms with Crippen molar-refractivity contribution in [1.29, 1.82) is 0 Å². The quantitative estimate of drug-likeness (QED) is 0.128. The molecule has 12 heteroatoms. The molecule has 0 aromatic rings. The highest BCUT2D eigenvalue weighted by Crippen LogP contribution is 2.32. The molecule has 4 atom stereocenters. The lowest BCUT2D eigenvalue weighted by Gasteiger charge is -2.35. The van der Waals surface area contributed by atoms with Gasteiger partial charge in [-0.2, -0.15) is 0 Å². The molecule has 1 saturated heterocycles. The minimum absolute atomic E-state index is 0.00234. The van der Waals surface area contributed by atoms with Crippen LogP contribution in [-0.4, -0.2) is 83.8 Å². The first-order valence-corrected chi connectivity index (χ1v) is 17.0. The van der Waals surface area contributed by atoms with Crippen LogP contribution < -0.4 is 21.3 Å². The number of ether oxygens (including phenoxy) is 1. The largest absolute Gasteiger partial charge is 0.459 e. The number of carbonyl (C=O) groups is 6. The number of likely N-dealkylation sites (tertiary alicyclic amines) is 1. The molecule has 3 unspecified atom stereocenters. The Labute approximate surface area is 284 Å². The first-order chi connectivity index (χ1) is 21.7. The first-order valence-electron chi connectivity index (χ1n) is 17.0. The minimum atomic E-state index is -1.04. The van der Waals surface area contributed by atoms with Gasteiger partial charge in [-0.05, 0) is 50.9 Å². The number of ketones is 1. The van der Waals surface area contributed by atoms with E-state index in [2.05, 4.69) is 41.7 Å².